The van der Waals surface area contributed by atoms with Gasteiger partial charge in [-0.3, -0.25) is 4.79 Å². The van der Waals surface area contributed by atoms with E-state index < -0.39 is 0 Å². The van der Waals surface area contributed by atoms with Crippen LogP contribution in [0, 0.1) is 0 Å². The van der Waals surface area contributed by atoms with E-state index in [1.54, 1.807) is 0 Å². The van der Waals surface area contributed by atoms with Crippen LogP contribution < -0.4 is 4.90 Å². The summed E-state index contributed by atoms with van der Waals surface area (Å²) in [5, 5.41) is 9.34. The van der Waals surface area contributed by atoms with E-state index in [0.717, 1.165) is 16.8 Å². The van der Waals surface area contributed by atoms with Crippen LogP contribution in [0.2, 0.25) is 0 Å². The van der Waals surface area contributed by atoms with Gasteiger partial charge in [0.2, 0.25) is 0 Å². The van der Waals surface area contributed by atoms with E-state index in [2.05, 4.69) is 17.0 Å². The molecule has 2 aromatic rings. The summed E-state index contributed by atoms with van der Waals surface area (Å²) >= 11 is 0. The lowest BCUT2D eigenvalue weighted by Gasteiger charge is -2.26. The van der Waals surface area contributed by atoms with E-state index >= 15 is 0 Å². The Labute approximate surface area is 125 Å². The van der Waals surface area contributed by atoms with Gasteiger partial charge >= 0.3 is 0 Å². The Kier molecular flexibility index (Phi) is 5.52. The van der Waals surface area contributed by atoms with Gasteiger partial charge in [0.25, 0.3) is 0 Å². The zero-order valence-electron chi connectivity index (χ0n) is 12.3. The molecule has 1 N–H and O–H groups in total. The van der Waals surface area contributed by atoms with Gasteiger partial charge in [0.15, 0.2) is 5.78 Å². The quantitative estimate of drug-likeness (QED) is 0.793. The van der Waals surface area contributed by atoms with E-state index in [9.17, 15) is 9.90 Å². The number of nitrogens with zero attached hydrogens (tertiary/aromatic N) is 1. The van der Waals surface area contributed by atoms with Gasteiger partial charge in [-0.25, -0.2) is 0 Å². The number of Topliss-reactive ketones (excluding diaryl/α,β-unsaturated/α-hetero) is 1. The van der Waals surface area contributed by atoms with Gasteiger partial charge in [-0.1, -0.05) is 49.4 Å². The third-order valence-electron chi connectivity index (χ3n) is 3.45. The lowest BCUT2D eigenvalue weighted by atomic mass is 10.0. The number of benzene rings is 2. The number of ketones is 1. The molecule has 0 unspecified atom stereocenters. The van der Waals surface area contributed by atoms with Crippen molar-refractivity contribution in [2.24, 2.45) is 0 Å². The molecule has 0 saturated carbocycles. The monoisotopic (exact) mass is 283 g/mol. The molecule has 2 rings (SSSR count). The van der Waals surface area contributed by atoms with Crippen LogP contribution in [0.15, 0.2) is 54.6 Å². The normalized spacial score (nSPS) is 10.4. The molecule has 0 saturated heterocycles. The zero-order chi connectivity index (χ0) is 15.1. The first kappa shape index (κ1) is 15.3. The minimum absolute atomic E-state index is 0.0570. The summed E-state index contributed by atoms with van der Waals surface area (Å²) in [4.78, 5) is 14.2. The maximum absolute atomic E-state index is 12.1. The van der Waals surface area contributed by atoms with Crippen molar-refractivity contribution in [3.63, 3.8) is 0 Å². The molecule has 0 aromatic heterocycles. The fraction of sp³-hybridized carbons (Fsp3) is 0.278. The average molecular weight is 283 g/mol. The van der Waals surface area contributed by atoms with Crippen molar-refractivity contribution in [2.75, 3.05) is 18.1 Å². The topological polar surface area (TPSA) is 40.5 Å². The van der Waals surface area contributed by atoms with Crippen molar-refractivity contribution in [3.8, 4) is 0 Å². The van der Waals surface area contributed by atoms with Crippen molar-refractivity contribution >= 4 is 11.5 Å². The zero-order valence-corrected chi connectivity index (χ0v) is 12.3. The van der Waals surface area contributed by atoms with Crippen molar-refractivity contribution < 1.29 is 9.90 Å². The molecular weight excluding hydrogens is 262 g/mol. The second-order valence-corrected chi connectivity index (χ2v) is 4.92. The molecule has 0 aliphatic rings. The lowest BCUT2D eigenvalue weighted by Crippen LogP contribution is -2.27. The molecule has 0 amide bonds. The van der Waals surface area contributed by atoms with Crippen LogP contribution in [0.3, 0.4) is 0 Å². The second-order valence-electron chi connectivity index (χ2n) is 4.92. The number of hydrogen-bond acceptors (Lipinski definition) is 3. The summed E-state index contributed by atoms with van der Waals surface area (Å²) in [5.74, 6) is 0.126. The molecule has 21 heavy (non-hydrogen) atoms. The maximum atomic E-state index is 12.1. The first-order valence-corrected chi connectivity index (χ1v) is 7.28. The fourth-order valence-corrected chi connectivity index (χ4v) is 2.38. The average Bonchev–Trinajstić information content (AvgIpc) is 2.55. The number of carbonyl (C=O) groups excluding carboxylic acids is 1. The molecule has 0 heterocycles. The SMILES string of the molecule is CCC(=O)c1ccccc1N(CCO)Cc1ccccc1. The third-order valence-corrected chi connectivity index (χ3v) is 3.45. The summed E-state index contributed by atoms with van der Waals surface area (Å²) in [7, 11) is 0. The summed E-state index contributed by atoms with van der Waals surface area (Å²) in [5.41, 5.74) is 2.77. The Morgan fingerprint density at radius 2 is 1.71 bits per heavy atom. The maximum Gasteiger partial charge on any atom is 0.164 e. The molecule has 0 fully saturated rings. The lowest BCUT2D eigenvalue weighted by molar-refractivity contribution is 0.0988. The van der Waals surface area contributed by atoms with Gasteiger partial charge in [0.05, 0.1) is 6.61 Å². The van der Waals surface area contributed by atoms with Crippen LogP contribution in [0.5, 0.6) is 0 Å². The Morgan fingerprint density at radius 1 is 1.05 bits per heavy atom. The van der Waals surface area contributed by atoms with Crippen molar-refractivity contribution in [1.29, 1.82) is 0 Å². The molecule has 2 aromatic carbocycles. The second kappa shape index (κ2) is 7.60. The minimum Gasteiger partial charge on any atom is -0.395 e. The summed E-state index contributed by atoms with van der Waals surface area (Å²) in [6.45, 7) is 3.10. The predicted molar refractivity (Wildman–Crippen MR) is 85.6 cm³/mol. The van der Waals surface area contributed by atoms with Gasteiger partial charge in [0, 0.05) is 30.8 Å². The number of anilines is 1. The smallest absolute Gasteiger partial charge is 0.164 e. The van der Waals surface area contributed by atoms with E-state index in [0.29, 0.717) is 19.5 Å². The molecule has 110 valence electrons. The minimum atomic E-state index is 0.0570. The van der Waals surface area contributed by atoms with Crippen molar-refractivity contribution in [3.05, 3.63) is 65.7 Å². The summed E-state index contributed by atoms with van der Waals surface area (Å²) in [6, 6.07) is 17.7. The van der Waals surface area contributed by atoms with Crippen LogP contribution >= 0.6 is 0 Å². The highest BCUT2D eigenvalue weighted by Gasteiger charge is 2.15. The molecule has 0 aliphatic carbocycles. The molecule has 0 bridgehead atoms. The number of aliphatic hydroxyl groups is 1. The number of para-hydroxylation sites is 1. The van der Waals surface area contributed by atoms with Crippen LogP contribution in [0.1, 0.15) is 29.3 Å². The highest BCUT2D eigenvalue weighted by molar-refractivity contribution is 6.01. The Balaban J connectivity index is 2.32. The third kappa shape index (κ3) is 3.92. The fourth-order valence-electron chi connectivity index (χ4n) is 2.38. The number of hydrogen-bond donors (Lipinski definition) is 1. The Hall–Kier alpha value is -2.13. The number of aliphatic hydroxyl groups excluding tert-OH is 1. The van der Waals surface area contributed by atoms with Crippen LogP contribution in [0.25, 0.3) is 0 Å². The molecule has 3 nitrogen and oxygen atoms in total. The van der Waals surface area contributed by atoms with Gasteiger partial charge < -0.3 is 10.0 Å². The van der Waals surface area contributed by atoms with Crippen molar-refractivity contribution in [1.82, 2.24) is 0 Å². The molecule has 0 radical (unpaired) electrons. The van der Waals surface area contributed by atoms with Gasteiger partial charge in [-0.2, -0.15) is 0 Å². The van der Waals surface area contributed by atoms with E-state index in [1.807, 2.05) is 49.4 Å². The highest BCUT2D eigenvalue weighted by Crippen LogP contribution is 2.23. The van der Waals surface area contributed by atoms with Gasteiger partial charge in [-0.05, 0) is 17.7 Å². The first-order valence-electron chi connectivity index (χ1n) is 7.28. The largest absolute Gasteiger partial charge is 0.395 e. The molecular formula is C18H21NO2. The number of rotatable bonds is 7. The molecule has 0 atom stereocenters. The van der Waals surface area contributed by atoms with E-state index in [1.165, 1.54) is 0 Å². The Bertz CT molecular complexity index is 581. The molecule has 3 heteroatoms. The van der Waals surface area contributed by atoms with Gasteiger partial charge in [0.1, 0.15) is 0 Å². The Morgan fingerprint density at radius 3 is 2.38 bits per heavy atom. The van der Waals surface area contributed by atoms with Crippen LogP contribution in [-0.4, -0.2) is 24.0 Å². The van der Waals surface area contributed by atoms with E-state index in [-0.39, 0.29) is 12.4 Å². The van der Waals surface area contributed by atoms with Crippen LogP contribution in [-0.2, 0) is 6.54 Å². The van der Waals surface area contributed by atoms with Crippen LogP contribution in [0.4, 0.5) is 5.69 Å². The first-order chi connectivity index (χ1) is 10.3. The molecule has 0 aliphatic heterocycles. The highest BCUT2D eigenvalue weighted by atomic mass is 16.3. The van der Waals surface area contributed by atoms with Crippen molar-refractivity contribution in [2.45, 2.75) is 19.9 Å². The standard InChI is InChI=1S/C18H21NO2/c1-2-18(21)16-10-6-7-11-17(16)19(12-13-20)14-15-8-4-3-5-9-15/h3-11,20H,2,12-14H2,1H3. The number of carbonyl (C=O) groups is 1. The van der Waals surface area contributed by atoms with E-state index in [4.69, 9.17) is 0 Å². The van der Waals surface area contributed by atoms with Gasteiger partial charge in [-0.15, -0.1) is 0 Å². The molecule has 0 spiro atoms. The summed E-state index contributed by atoms with van der Waals surface area (Å²) in [6.07, 6.45) is 0.481. The summed E-state index contributed by atoms with van der Waals surface area (Å²) < 4.78 is 0. The predicted octanol–water partition coefficient (Wildman–Crippen LogP) is 3.28.